The van der Waals surface area contributed by atoms with Crippen LogP contribution in [0.4, 0.5) is 0 Å². The fraction of sp³-hybridized carbons (Fsp3) is 0.556. The van der Waals surface area contributed by atoms with Crippen LogP contribution in [0, 0.1) is 0 Å². The molecule has 0 fully saturated rings. The Labute approximate surface area is 160 Å². The fourth-order valence-electron chi connectivity index (χ4n) is 2.18. The van der Waals surface area contributed by atoms with Crippen LogP contribution in [-0.2, 0) is 15.1 Å². The molecule has 7 heteroatoms. The third-order valence-corrected chi connectivity index (χ3v) is 4.38. The summed E-state index contributed by atoms with van der Waals surface area (Å²) in [6.45, 7) is 9.71. The summed E-state index contributed by atoms with van der Waals surface area (Å²) in [6, 6.07) is 5.38. The number of hydrogen-bond acceptors (Lipinski definition) is 3. The fourth-order valence-corrected chi connectivity index (χ4v) is 2.48. The second-order valence-electron chi connectivity index (χ2n) is 7.66. The largest absolute Gasteiger partial charge is 0.350 e. The molecule has 1 aromatic rings. The lowest BCUT2D eigenvalue weighted by Crippen LogP contribution is -2.49. The maximum absolute atomic E-state index is 12.3. The van der Waals surface area contributed by atoms with E-state index in [0.29, 0.717) is 10.0 Å². The van der Waals surface area contributed by atoms with E-state index >= 15 is 0 Å². The molecule has 2 N–H and O–H groups in total. The minimum Gasteiger partial charge on any atom is -0.350 e. The Morgan fingerprint density at radius 1 is 1.08 bits per heavy atom. The molecule has 0 aliphatic carbocycles. The van der Waals surface area contributed by atoms with Crippen LogP contribution in [0.25, 0.3) is 0 Å². The number of nitrogens with zero attached hydrogens (tertiary/aromatic N) is 1. The van der Waals surface area contributed by atoms with E-state index in [4.69, 9.17) is 23.2 Å². The highest BCUT2D eigenvalue weighted by Crippen LogP contribution is 2.28. The van der Waals surface area contributed by atoms with Crippen molar-refractivity contribution in [2.24, 2.45) is 0 Å². The number of halogens is 2. The predicted molar refractivity (Wildman–Crippen MR) is 103 cm³/mol. The van der Waals surface area contributed by atoms with E-state index in [2.05, 4.69) is 10.6 Å². The summed E-state index contributed by atoms with van der Waals surface area (Å²) in [5.74, 6) is -0.357. The zero-order chi connectivity index (χ0) is 19.4. The minimum atomic E-state index is -0.474. The van der Waals surface area contributed by atoms with Gasteiger partial charge in [0.2, 0.25) is 11.8 Å². The van der Waals surface area contributed by atoms with Crippen molar-refractivity contribution in [1.29, 1.82) is 0 Å². The van der Waals surface area contributed by atoms with Gasteiger partial charge in [-0.25, -0.2) is 0 Å². The van der Waals surface area contributed by atoms with Gasteiger partial charge in [0.1, 0.15) is 0 Å². The summed E-state index contributed by atoms with van der Waals surface area (Å²) in [5.41, 5.74) is 0.121. The molecule has 0 aliphatic rings. The van der Waals surface area contributed by atoms with E-state index in [1.54, 1.807) is 19.2 Å². The highest BCUT2D eigenvalue weighted by Gasteiger charge is 2.23. The van der Waals surface area contributed by atoms with Crippen molar-refractivity contribution >= 4 is 35.0 Å². The van der Waals surface area contributed by atoms with E-state index in [0.717, 1.165) is 5.56 Å². The third kappa shape index (κ3) is 7.22. The Balaban J connectivity index is 2.61. The van der Waals surface area contributed by atoms with Gasteiger partial charge < -0.3 is 10.2 Å². The second kappa shape index (κ2) is 8.39. The van der Waals surface area contributed by atoms with Crippen LogP contribution in [0.1, 0.15) is 40.2 Å². The first kappa shape index (κ1) is 21.7. The Morgan fingerprint density at radius 2 is 1.68 bits per heavy atom. The number of benzene rings is 1. The smallest absolute Gasteiger partial charge is 0.240 e. The highest BCUT2D eigenvalue weighted by atomic mass is 35.5. The van der Waals surface area contributed by atoms with Crippen LogP contribution in [0.15, 0.2) is 18.2 Å². The average molecular weight is 388 g/mol. The normalized spacial score (nSPS) is 12.0. The molecule has 2 amide bonds. The predicted octanol–water partition coefficient (Wildman–Crippen LogP) is 3.19. The van der Waals surface area contributed by atoms with E-state index in [1.165, 1.54) is 4.90 Å². The number of carbonyl (C=O) groups excluding carboxylic acids is 2. The number of likely N-dealkylation sites (N-methyl/N-ethyl adjacent to an activating group) is 1. The van der Waals surface area contributed by atoms with Crippen LogP contribution >= 0.6 is 23.2 Å². The zero-order valence-electron chi connectivity index (χ0n) is 15.7. The summed E-state index contributed by atoms with van der Waals surface area (Å²) in [6.07, 6.45) is 0. The maximum Gasteiger partial charge on any atom is 0.240 e. The molecule has 0 saturated heterocycles. The van der Waals surface area contributed by atoms with Crippen molar-refractivity contribution in [3.63, 3.8) is 0 Å². The molecule has 0 heterocycles. The van der Waals surface area contributed by atoms with E-state index in [1.807, 2.05) is 40.7 Å². The van der Waals surface area contributed by atoms with Crippen molar-refractivity contribution in [2.45, 2.75) is 45.7 Å². The van der Waals surface area contributed by atoms with Crippen LogP contribution in [0.2, 0.25) is 10.0 Å². The number of hydrogen-bond donors (Lipinski definition) is 2. The van der Waals surface area contributed by atoms with Crippen LogP contribution in [0.3, 0.4) is 0 Å². The van der Waals surface area contributed by atoms with Crippen molar-refractivity contribution in [3.8, 4) is 0 Å². The topological polar surface area (TPSA) is 61.4 Å². The molecule has 0 bridgehead atoms. The Hall–Kier alpha value is -1.30. The molecule has 1 rings (SSSR count). The van der Waals surface area contributed by atoms with Gasteiger partial charge in [-0.05, 0) is 52.3 Å². The number of carbonyl (C=O) groups is 2. The number of rotatable bonds is 6. The molecule has 0 spiro atoms. The van der Waals surface area contributed by atoms with Crippen LogP contribution in [-0.4, -0.2) is 42.4 Å². The standard InChI is InChI=1S/C18H27Cl2N3O2/c1-17(2,3)22-15(24)11-23(6)16(25)10-21-18(4,5)12-7-8-13(19)14(20)9-12/h7-9,21H,10-11H2,1-6H3,(H,22,24). The average Bonchev–Trinajstić information content (AvgIpc) is 2.45. The Bertz CT molecular complexity index is 640. The monoisotopic (exact) mass is 387 g/mol. The molecule has 0 aromatic heterocycles. The molecule has 5 nitrogen and oxygen atoms in total. The Morgan fingerprint density at radius 3 is 2.20 bits per heavy atom. The minimum absolute atomic E-state index is 0.0188. The molecule has 140 valence electrons. The van der Waals surface area contributed by atoms with Gasteiger partial charge in [0.25, 0.3) is 0 Å². The lowest BCUT2D eigenvalue weighted by atomic mass is 9.94. The SMILES string of the molecule is CN(CC(=O)NC(C)(C)C)C(=O)CNC(C)(C)c1ccc(Cl)c(Cl)c1. The highest BCUT2D eigenvalue weighted by molar-refractivity contribution is 6.42. The number of amides is 2. The van der Waals surface area contributed by atoms with E-state index in [-0.39, 0.29) is 30.4 Å². The quantitative estimate of drug-likeness (QED) is 0.787. The van der Waals surface area contributed by atoms with Gasteiger partial charge in [-0.2, -0.15) is 0 Å². The zero-order valence-corrected chi connectivity index (χ0v) is 17.2. The molecule has 0 unspecified atom stereocenters. The maximum atomic E-state index is 12.3. The molecule has 0 aliphatic heterocycles. The summed E-state index contributed by atoms with van der Waals surface area (Å²) < 4.78 is 0. The molecule has 0 saturated carbocycles. The van der Waals surface area contributed by atoms with Gasteiger partial charge in [-0.3, -0.25) is 14.9 Å². The van der Waals surface area contributed by atoms with Gasteiger partial charge in [0.05, 0.1) is 23.1 Å². The van der Waals surface area contributed by atoms with Crippen molar-refractivity contribution in [2.75, 3.05) is 20.1 Å². The van der Waals surface area contributed by atoms with E-state index < -0.39 is 5.54 Å². The second-order valence-corrected chi connectivity index (χ2v) is 8.47. The van der Waals surface area contributed by atoms with Gasteiger partial charge >= 0.3 is 0 Å². The lowest BCUT2D eigenvalue weighted by Gasteiger charge is -2.28. The van der Waals surface area contributed by atoms with Gasteiger partial charge in [-0.15, -0.1) is 0 Å². The first-order chi connectivity index (χ1) is 11.3. The summed E-state index contributed by atoms with van der Waals surface area (Å²) in [4.78, 5) is 25.6. The summed E-state index contributed by atoms with van der Waals surface area (Å²) in [7, 11) is 1.61. The molecule has 0 radical (unpaired) electrons. The molecule has 1 aromatic carbocycles. The van der Waals surface area contributed by atoms with E-state index in [9.17, 15) is 9.59 Å². The lowest BCUT2D eigenvalue weighted by molar-refractivity contribution is -0.134. The molecule has 0 atom stereocenters. The summed E-state index contributed by atoms with van der Waals surface area (Å²) >= 11 is 12.0. The van der Waals surface area contributed by atoms with Gasteiger partial charge in [0.15, 0.2) is 0 Å². The van der Waals surface area contributed by atoms with Crippen LogP contribution < -0.4 is 10.6 Å². The van der Waals surface area contributed by atoms with Crippen molar-refractivity contribution < 1.29 is 9.59 Å². The number of nitrogens with one attached hydrogen (secondary N) is 2. The molecular formula is C18H27Cl2N3O2. The summed E-state index contributed by atoms with van der Waals surface area (Å²) in [5, 5.41) is 6.99. The first-order valence-electron chi connectivity index (χ1n) is 8.07. The van der Waals surface area contributed by atoms with Crippen LogP contribution in [0.5, 0.6) is 0 Å². The van der Waals surface area contributed by atoms with Crippen molar-refractivity contribution in [3.05, 3.63) is 33.8 Å². The molecular weight excluding hydrogens is 361 g/mol. The van der Waals surface area contributed by atoms with Gasteiger partial charge in [0, 0.05) is 18.1 Å². The van der Waals surface area contributed by atoms with Gasteiger partial charge in [-0.1, -0.05) is 29.3 Å². The molecule has 25 heavy (non-hydrogen) atoms. The van der Waals surface area contributed by atoms with Crippen molar-refractivity contribution in [1.82, 2.24) is 15.5 Å². The first-order valence-corrected chi connectivity index (χ1v) is 8.83. The third-order valence-electron chi connectivity index (χ3n) is 3.64. The Kier molecular flexibility index (Phi) is 7.29.